The Labute approximate surface area is 204 Å². The summed E-state index contributed by atoms with van der Waals surface area (Å²) in [6.45, 7) is 3.84. The fourth-order valence-corrected chi connectivity index (χ4v) is 4.08. The molecule has 1 amide bonds. The van der Waals surface area contributed by atoms with Crippen LogP contribution in [0.15, 0.2) is 66.9 Å². The maximum Gasteiger partial charge on any atom is 0.280 e. The number of alkyl halides is 2. The molecular formula is C26H21F3N6O. The molecule has 0 fully saturated rings. The van der Waals surface area contributed by atoms with Gasteiger partial charge in [0.1, 0.15) is 17.1 Å². The molecule has 0 aliphatic heterocycles. The molecule has 0 saturated carbocycles. The van der Waals surface area contributed by atoms with Crippen LogP contribution < -0.4 is 5.32 Å². The van der Waals surface area contributed by atoms with Crippen LogP contribution in [0, 0.1) is 19.7 Å². The number of anilines is 1. The third-order valence-corrected chi connectivity index (χ3v) is 5.88. The van der Waals surface area contributed by atoms with Crippen LogP contribution in [-0.2, 0) is 6.54 Å². The Morgan fingerprint density at radius 3 is 2.56 bits per heavy atom. The van der Waals surface area contributed by atoms with Crippen LogP contribution in [-0.4, -0.2) is 30.3 Å². The number of carbonyl (C=O) groups is 1. The smallest absolute Gasteiger partial charge is 0.280 e. The summed E-state index contributed by atoms with van der Waals surface area (Å²) in [7, 11) is 0. The van der Waals surface area contributed by atoms with Crippen molar-refractivity contribution in [3.05, 3.63) is 101 Å². The van der Waals surface area contributed by atoms with Gasteiger partial charge in [0.2, 0.25) is 0 Å². The topological polar surface area (TPSA) is 77.1 Å². The number of hydrogen-bond donors (Lipinski definition) is 1. The summed E-state index contributed by atoms with van der Waals surface area (Å²) >= 11 is 0. The van der Waals surface area contributed by atoms with Gasteiger partial charge < -0.3 is 5.32 Å². The van der Waals surface area contributed by atoms with Gasteiger partial charge in [-0.15, -0.1) is 0 Å². The van der Waals surface area contributed by atoms with E-state index in [1.807, 2.05) is 6.07 Å². The molecule has 5 aromatic rings. The van der Waals surface area contributed by atoms with Gasteiger partial charge in [-0.05, 0) is 37.6 Å². The maximum atomic E-state index is 13.8. The summed E-state index contributed by atoms with van der Waals surface area (Å²) in [6, 6.07) is 16.3. The number of aryl methyl sites for hydroxylation is 1. The van der Waals surface area contributed by atoms with E-state index >= 15 is 0 Å². The first kappa shape index (κ1) is 23.3. The molecule has 36 heavy (non-hydrogen) atoms. The lowest BCUT2D eigenvalue weighted by atomic mass is 10.1. The van der Waals surface area contributed by atoms with E-state index in [1.165, 1.54) is 24.4 Å². The highest BCUT2D eigenvalue weighted by atomic mass is 19.3. The SMILES string of the molecule is Cc1nn(Cc2cccc(F)c2)c(C)c1NC(=O)c1cnn2c(C(F)F)cc(-c3ccccc3)nc12. The van der Waals surface area contributed by atoms with Gasteiger partial charge in [0.15, 0.2) is 5.65 Å². The molecule has 2 aromatic carbocycles. The lowest BCUT2D eigenvalue weighted by Crippen LogP contribution is -2.14. The zero-order valence-corrected chi connectivity index (χ0v) is 19.4. The quantitative estimate of drug-likeness (QED) is 0.337. The predicted molar refractivity (Wildman–Crippen MR) is 129 cm³/mol. The molecule has 10 heteroatoms. The number of rotatable bonds is 6. The van der Waals surface area contributed by atoms with Gasteiger partial charge in [0.05, 0.1) is 35.5 Å². The van der Waals surface area contributed by atoms with E-state index in [-0.39, 0.29) is 22.7 Å². The molecule has 5 rings (SSSR count). The van der Waals surface area contributed by atoms with E-state index in [2.05, 4.69) is 20.5 Å². The first-order valence-electron chi connectivity index (χ1n) is 11.1. The van der Waals surface area contributed by atoms with Gasteiger partial charge in [0, 0.05) is 5.56 Å². The van der Waals surface area contributed by atoms with Crippen LogP contribution >= 0.6 is 0 Å². The number of halogens is 3. The minimum atomic E-state index is -2.82. The van der Waals surface area contributed by atoms with Crippen LogP contribution in [0.3, 0.4) is 0 Å². The highest BCUT2D eigenvalue weighted by molar-refractivity contribution is 6.08. The highest BCUT2D eigenvalue weighted by Crippen LogP contribution is 2.28. The summed E-state index contributed by atoms with van der Waals surface area (Å²) in [4.78, 5) is 17.7. The van der Waals surface area contributed by atoms with E-state index in [1.54, 1.807) is 54.9 Å². The van der Waals surface area contributed by atoms with Crippen molar-refractivity contribution in [2.45, 2.75) is 26.8 Å². The van der Waals surface area contributed by atoms with Gasteiger partial charge >= 0.3 is 0 Å². The van der Waals surface area contributed by atoms with Crippen LogP contribution in [0.25, 0.3) is 16.9 Å². The lowest BCUT2D eigenvalue weighted by molar-refractivity contribution is 0.102. The molecule has 182 valence electrons. The molecule has 0 saturated heterocycles. The van der Waals surface area contributed by atoms with Crippen molar-refractivity contribution in [3.63, 3.8) is 0 Å². The molecule has 1 N–H and O–H groups in total. The summed E-state index contributed by atoms with van der Waals surface area (Å²) in [5, 5.41) is 11.3. The molecule has 0 unspecified atom stereocenters. The summed E-state index contributed by atoms with van der Waals surface area (Å²) < 4.78 is 43.9. The van der Waals surface area contributed by atoms with Gasteiger partial charge in [-0.2, -0.15) is 10.2 Å². The van der Waals surface area contributed by atoms with Crippen LogP contribution in [0.1, 0.15) is 39.4 Å². The third kappa shape index (κ3) is 4.33. The minimum Gasteiger partial charge on any atom is -0.319 e. The molecule has 7 nitrogen and oxygen atoms in total. The summed E-state index contributed by atoms with van der Waals surface area (Å²) in [6.07, 6.45) is -1.60. The van der Waals surface area contributed by atoms with Crippen LogP contribution in [0.2, 0.25) is 0 Å². The number of fused-ring (bicyclic) bond motifs is 1. The fraction of sp³-hybridized carbons (Fsp3) is 0.154. The van der Waals surface area contributed by atoms with Gasteiger partial charge in [-0.3, -0.25) is 9.48 Å². The number of nitrogens with one attached hydrogen (secondary N) is 1. The second-order valence-electron chi connectivity index (χ2n) is 8.31. The molecule has 0 atom stereocenters. The molecule has 0 radical (unpaired) electrons. The van der Waals surface area contributed by atoms with Crippen molar-refractivity contribution >= 4 is 17.2 Å². The largest absolute Gasteiger partial charge is 0.319 e. The predicted octanol–water partition coefficient (Wildman–Crippen LogP) is 5.59. The Morgan fingerprint density at radius 1 is 1.06 bits per heavy atom. The fourth-order valence-electron chi connectivity index (χ4n) is 4.08. The Morgan fingerprint density at radius 2 is 1.83 bits per heavy atom. The molecule has 3 aromatic heterocycles. The van der Waals surface area contributed by atoms with Gasteiger partial charge in [0.25, 0.3) is 12.3 Å². The zero-order valence-electron chi connectivity index (χ0n) is 19.4. The first-order valence-corrected chi connectivity index (χ1v) is 11.1. The number of nitrogens with zero attached hydrogens (tertiary/aromatic N) is 5. The lowest BCUT2D eigenvalue weighted by Gasteiger charge is -2.09. The molecule has 3 heterocycles. The number of hydrogen-bond acceptors (Lipinski definition) is 4. The number of benzene rings is 2. The van der Waals surface area contributed by atoms with E-state index in [0.29, 0.717) is 34.9 Å². The summed E-state index contributed by atoms with van der Waals surface area (Å²) in [5.41, 5.74) is 3.06. The molecule has 0 aliphatic rings. The van der Waals surface area contributed by atoms with Gasteiger partial charge in [-0.25, -0.2) is 22.7 Å². The van der Waals surface area contributed by atoms with Crippen molar-refractivity contribution in [3.8, 4) is 11.3 Å². The van der Waals surface area contributed by atoms with Crippen LogP contribution in [0.4, 0.5) is 18.9 Å². The molecule has 0 spiro atoms. The Balaban J connectivity index is 1.50. The van der Waals surface area contributed by atoms with Crippen molar-refractivity contribution in [2.24, 2.45) is 0 Å². The first-order chi connectivity index (χ1) is 17.3. The Bertz CT molecular complexity index is 1580. The normalized spacial score (nSPS) is 11.4. The second kappa shape index (κ2) is 9.29. The Hall–Kier alpha value is -4.47. The van der Waals surface area contributed by atoms with Gasteiger partial charge in [-0.1, -0.05) is 42.5 Å². The maximum absolute atomic E-state index is 13.8. The zero-order chi connectivity index (χ0) is 25.4. The van der Waals surface area contributed by atoms with Crippen LogP contribution in [0.5, 0.6) is 0 Å². The average molecular weight is 490 g/mol. The second-order valence-corrected chi connectivity index (χ2v) is 8.31. The standard InChI is InChI=1S/C26H21F3N6O/c1-15-23(16(2)34(33-15)14-17-7-6-10-19(27)11-17)32-26(36)20-13-30-35-22(24(28)29)12-21(31-25(20)35)18-8-4-3-5-9-18/h3-13,24H,14H2,1-2H3,(H,32,36). The number of amides is 1. The minimum absolute atomic E-state index is 0.0200. The number of carbonyl (C=O) groups excluding carboxylic acids is 1. The average Bonchev–Trinajstić information content (AvgIpc) is 3.40. The molecular weight excluding hydrogens is 469 g/mol. The van der Waals surface area contributed by atoms with Crippen molar-refractivity contribution in [1.82, 2.24) is 24.4 Å². The van der Waals surface area contributed by atoms with Crippen molar-refractivity contribution < 1.29 is 18.0 Å². The van der Waals surface area contributed by atoms with E-state index in [0.717, 1.165) is 10.1 Å². The van der Waals surface area contributed by atoms with Crippen molar-refractivity contribution in [1.29, 1.82) is 0 Å². The highest BCUT2D eigenvalue weighted by Gasteiger charge is 2.23. The van der Waals surface area contributed by atoms with E-state index in [4.69, 9.17) is 0 Å². The summed E-state index contributed by atoms with van der Waals surface area (Å²) in [5.74, 6) is -0.902. The molecule has 0 aliphatic carbocycles. The van der Waals surface area contributed by atoms with Crippen molar-refractivity contribution in [2.75, 3.05) is 5.32 Å². The Kier molecular flexibility index (Phi) is 6.01. The monoisotopic (exact) mass is 490 g/mol. The molecule has 0 bridgehead atoms. The van der Waals surface area contributed by atoms with E-state index in [9.17, 15) is 18.0 Å². The third-order valence-electron chi connectivity index (χ3n) is 5.88. The van der Waals surface area contributed by atoms with E-state index < -0.39 is 12.3 Å². The number of aromatic nitrogens is 5.